The number of para-hydroxylation sites is 1. The number of benzene rings is 2. The average Bonchev–Trinajstić information content (AvgIpc) is 3.27. The number of likely N-dealkylation sites (N-methyl/N-ethyl adjacent to an activating group) is 1. The van der Waals surface area contributed by atoms with Crippen molar-refractivity contribution in [3.8, 4) is 0 Å². The second kappa shape index (κ2) is 9.59. The van der Waals surface area contributed by atoms with Crippen LogP contribution < -0.4 is 15.5 Å². The maximum atomic E-state index is 12.4. The van der Waals surface area contributed by atoms with Gasteiger partial charge in [0.2, 0.25) is 0 Å². The third-order valence-electron chi connectivity index (χ3n) is 4.66. The van der Waals surface area contributed by atoms with Crippen LogP contribution in [0.5, 0.6) is 0 Å². The van der Waals surface area contributed by atoms with Crippen molar-refractivity contribution in [1.29, 1.82) is 0 Å². The summed E-state index contributed by atoms with van der Waals surface area (Å²) in [4.78, 5) is 26.6. The van der Waals surface area contributed by atoms with Crippen LogP contribution in [-0.2, 0) is 0 Å². The van der Waals surface area contributed by atoms with Gasteiger partial charge in [0.1, 0.15) is 0 Å². The largest absolute Gasteiger partial charge is 0.459 e. The Morgan fingerprint density at radius 1 is 0.966 bits per heavy atom. The molecule has 0 aliphatic carbocycles. The van der Waals surface area contributed by atoms with Gasteiger partial charge in [-0.15, -0.1) is 0 Å². The minimum atomic E-state index is -0.330. The first-order valence-corrected chi connectivity index (χ1v) is 9.62. The highest BCUT2D eigenvalue weighted by molar-refractivity contribution is 6.02. The van der Waals surface area contributed by atoms with Crippen LogP contribution in [0.4, 0.5) is 11.4 Å². The molecule has 2 aromatic carbocycles. The van der Waals surface area contributed by atoms with Crippen LogP contribution in [0.2, 0.25) is 0 Å². The Morgan fingerprint density at radius 3 is 2.38 bits per heavy atom. The van der Waals surface area contributed by atoms with Crippen molar-refractivity contribution in [2.45, 2.75) is 13.8 Å². The summed E-state index contributed by atoms with van der Waals surface area (Å²) in [7, 11) is 0. The van der Waals surface area contributed by atoms with Gasteiger partial charge in [0.05, 0.1) is 6.26 Å². The van der Waals surface area contributed by atoms with Crippen molar-refractivity contribution < 1.29 is 14.0 Å². The van der Waals surface area contributed by atoms with E-state index in [0.717, 1.165) is 13.1 Å². The lowest BCUT2D eigenvalue weighted by Gasteiger charge is -2.25. The summed E-state index contributed by atoms with van der Waals surface area (Å²) >= 11 is 0. The first kappa shape index (κ1) is 20.2. The van der Waals surface area contributed by atoms with Gasteiger partial charge in [0.15, 0.2) is 5.76 Å². The van der Waals surface area contributed by atoms with Crippen LogP contribution >= 0.6 is 0 Å². The molecule has 0 saturated carbocycles. The van der Waals surface area contributed by atoms with E-state index in [2.05, 4.69) is 41.5 Å². The molecule has 150 valence electrons. The van der Waals surface area contributed by atoms with Crippen molar-refractivity contribution in [3.05, 3.63) is 83.8 Å². The Labute approximate surface area is 170 Å². The van der Waals surface area contributed by atoms with E-state index in [0.29, 0.717) is 17.8 Å². The zero-order valence-corrected chi connectivity index (χ0v) is 16.6. The van der Waals surface area contributed by atoms with Gasteiger partial charge in [-0.25, -0.2) is 0 Å². The molecule has 2 amide bonds. The Kier molecular flexibility index (Phi) is 6.68. The smallest absolute Gasteiger partial charge is 0.291 e. The van der Waals surface area contributed by atoms with Gasteiger partial charge in [-0.05, 0) is 61.9 Å². The number of rotatable bonds is 8. The zero-order valence-electron chi connectivity index (χ0n) is 16.6. The van der Waals surface area contributed by atoms with E-state index >= 15 is 0 Å². The number of aryl methyl sites for hydroxylation is 1. The van der Waals surface area contributed by atoms with Gasteiger partial charge in [-0.3, -0.25) is 9.59 Å². The molecule has 0 aliphatic heterocycles. The van der Waals surface area contributed by atoms with E-state index in [9.17, 15) is 9.59 Å². The fourth-order valence-electron chi connectivity index (χ4n) is 3.08. The Hall–Kier alpha value is -3.54. The van der Waals surface area contributed by atoms with E-state index in [1.807, 2.05) is 12.1 Å². The quantitative estimate of drug-likeness (QED) is 0.606. The number of hydrogen-bond acceptors (Lipinski definition) is 4. The van der Waals surface area contributed by atoms with E-state index in [1.165, 1.54) is 17.5 Å². The molecule has 3 rings (SSSR count). The minimum Gasteiger partial charge on any atom is -0.459 e. The Morgan fingerprint density at radius 2 is 1.72 bits per heavy atom. The maximum Gasteiger partial charge on any atom is 0.291 e. The number of nitrogens with one attached hydrogen (secondary N) is 2. The van der Waals surface area contributed by atoms with Crippen molar-refractivity contribution in [1.82, 2.24) is 5.32 Å². The Balaban J connectivity index is 1.51. The highest BCUT2D eigenvalue weighted by Gasteiger charge is 2.11. The number of furan rings is 1. The fraction of sp³-hybridized carbons (Fsp3) is 0.217. The number of amides is 2. The molecule has 0 saturated heterocycles. The molecule has 6 nitrogen and oxygen atoms in total. The number of nitrogens with zero attached hydrogens (tertiary/aromatic N) is 1. The third kappa shape index (κ3) is 5.25. The molecule has 1 aromatic heterocycles. The lowest BCUT2D eigenvalue weighted by atomic mass is 10.1. The average molecular weight is 391 g/mol. The molecule has 29 heavy (non-hydrogen) atoms. The maximum absolute atomic E-state index is 12.4. The predicted octanol–water partition coefficient (Wildman–Crippen LogP) is 4.10. The van der Waals surface area contributed by atoms with Crippen LogP contribution in [0.3, 0.4) is 0 Å². The van der Waals surface area contributed by atoms with E-state index in [4.69, 9.17) is 4.42 Å². The molecule has 6 heteroatoms. The SMILES string of the molecule is CCN(CCNC(=O)c1ccc(NC(=O)c2ccco2)cc1)c1ccccc1C. The van der Waals surface area contributed by atoms with Crippen molar-refractivity contribution in [2.24, 2.45) is 0 Å². The summed E-state index contributed by atoms with van der Waals surface area (Å²) < 4.78 is 5.06. The molecule has 2 N–H and O–H groups in total. The molecular weight excluding hydrogens is 366 g/mol. The van der Waals surface area contributed by atoms with Crippen LogP contribution in [0, 0.1) is 6.92 Å². The normalized spacial score (nSPS) is 10.4. The summed E-state index contributed by atoms with van der Waals surface area (Å²) in [5, 5.41) is 5.68. The third-order valence-corrected chi connectivity index (χ3v) is 4.66. The standard InChI is InChI=1S/C23H25N3O3/c1-3-26(20-8-5-4-7-17(20)2)15-14-24-22(27)18-10-12-19(13-11-18)25-23(28)21-9-6-16-29-21/h4-13,16H,3,14-15H2,1-2H3,(H,24,27)(H,25,28). The molecule has 3 aromatic rings. The number of hydrogen-bond donors (Lipinski definition) is 2. The molecule has 0 atom stereocenters. The summed E-state index contributed by atoms with van der Waals surface area (Å²) in [5.41, 5.74) is 3.54. The van der Waals surface area contributed by atoms with Crippen molar-refractivity contribution in [3.63, 3.8) is 0 Å². The number of anilines is 2. The van der Waals surface area contributed by atoms with Gasteiger partial charge in [-0.2, -0.15) is 0 Å². The molecule has 0 fully saturated rings. The van der Waals surface area contributed by atoms with Gasteiger partial charge >= 0.3 is 0 Å². The Bertz CT molecular complexity index is 950. The molecule has 0 aliphatic rings. The van der Waals surface area contributed by atoms with Crippen molar-refractivity contribution >= 4 is 23.2 Å². The number of carbonyl (C=O) groups is 2. The van der Waals surface area contributed by atoms with Crippen molar-refractivity contribution in [2.75, 3.05) is 29.9 Å². The minimum absolute atomic E-state index is 0.144. The fourth-order valence-corrected chi connectivity index (χ4v) is 3.08. The highest BCUT2D eigenvalue weighted by Crippen LogP contribution is 2.18. The van der Waals surface area contributed by atoms with Gasteiger partial charge < -0.3 is 20.0 Å². The summed E-state index contributed by atoms with van der Waals surface area (Å²) in [5.74, 6) is -0.237. The van der Waals surface area contributed by atoms with E-state index in [1.54, 1.807) is 36.4 Å². The summed E-state index contributed by atoms with van der Waals surface area (Å²) in [6.45, 7) is 6.32. The summed E-state index contributed by atoms with van der Waals surface area (Å²) in [6, 6.07) is 18.2. The predicted molar refractivity (Wildman–Crippen MR) is 115 cm³/mol. The lowest BCUT2D eigenvalue weighted by molar-refractivity contribution is 0.0953. The molecule has 1 heterocycles. The zero-order chi connectivity index (χ0) is 20.6. The van der Waals surface area contributed by atoms with Gasteiger partial charge in [-0.1, -0.05) is 18.2 Å². The first-order valence-electron chi connectivity index (χ1n) is 9.62. The second-order valence-electron chi connectivity index (χ2n) is 6.63. The van der Waals surface area contributed by atoms with E-state index < -0.39 is 0 Å². The molecule has 0 bridgehead atoms. The van der Waals surface area contributed by atoms with Crippen LogP contribution in [0.1, 0.15) is 33.4 Å². The van der Waals surface area contributed by atoms with Crippen LogP contribution in [0.25, 0.3) is 0 Å². The molecule has 0 radical (unpaired) electrons. The van der Waals surface area contributed by atoms with Gasteiger partial charge in [0, 0.05) is 36.6 Å². The summed E-state index contributed by atoms with van der Waals surface area (Å²) in [6.07, 6.45) is 1.45. The molecular formula is C23H25N3O3. The topological polar surface area (TPSA) is 74.6 Å². The first-order chi connectivity index (χ1) is 14.1. The molecule has 0 unspecified atom stereocenters. The monoisotopic (exact) mass is 391 g/mol. The van der Waals surface area contributed by atoms with Crippen LogP contribution in [-0.4, -0.2) is 31.4 Å². The van der Waals surface area contributed by atoms with E-state index in [-0.39, 0.29) is 17.6 Å². The number of carbonyl (C=O) groups excluding carboxylic acids is 2. The van der Waals surface area contributed by atoms with Crippen LogP contribution in [0.15, 0.2) is 71.3 Å². The van der Waals surface area contributed by atoms with Gasteiger partial charge in [0.25, 0.3) is 11.8 Å². The molecule has 0 spiro atoms. The lowest BCUT2D eigenvalue weighted by Crippen LogP contribution is -2.35. The second-order valence-corrected chi connectivity index (χ2v) is 6.63. The highest BCUT2D eigenvalue weighted by atomic mass is 16.3.